The third-order valence-corrected chi connectivity index (χ3v) is 5.11. The van der Waals surface area contributed by atoms with E-state index in [4.69, 9.17) is 4.74 Å². The van der Waals surface area contributed by atoms with Gasteiger partial charge >= 0.3 is 5.97 Å². The highest BCUT2D eigenvalue weighted by Gasteiger charge is 2.45. The molecule has 130 valence electrons. The number of hydrogen-bond acceptors (Lipinski definition) is 2. The quantitative estimate of drug-likeness (QED) is 0.632. The highest BCUT2D eigenvalue weighted by Crippen LogP contribution is 2.44. The SMILES string of the molecule is CC(C)CC(C)(C(=O)OCc1ccc2ccccc2c1)C(C)(C)C. The van der Waals surface area contributed by atoms with Crippen molar-refractivity contribution < 1.29 is 9.53 Å². The van der Waals surface area contributed by atoms with Gasteiger partial charge in [-0.25, -0.2) is 0 Å². The van der Waals surface area contributed by atoms with Gasteiger partial charge in [0, 0.05) is 0 Å². The maximum Gasteiger partial charge on any atom is 0.312 e. The molecule has 2 rings (SSSR count). The molecule has 0 saturated carbocycles. The van der Waals surface area contributed by atoms with Gasteiger partial charge in [0.2, 0.25) is 0 Å². The topological polar surface area (TPSA) is 26.3 Å². The number of fused-ring (bicyclic) bond motifs is 1. The van der Waals surface area contributed by atoms with Crippen molar-refractivity contribution in [2.45, 2.75) is 54.6 Å². The molecule has 0 saturated heterocycles. The second-order valence-electron chi connectivity index (χ2n) is 8.44. The fourth-order valence-corrected chi connectivity index (χ4v) is 3.15. The molecular weight excluding hydrogens is 296 g/mol. The molecule has 0 aliphatic carbocycles. The van der Waals surface area contributed by atoms with E-state index in [-0.39, 0.29) is 11.4 Å². The summed E-state index contributed by atoms with van der Waals surface area (Å²) in [5.41, 5.74) is 0.401. The first-order valence-electron chi connectivity index (χ1n) is 8.78. The Morgan fingerprint density at radius 2 is 1.62 bits per heavy atom. The lowest BCUT2D eigenvalue weighted by atomic mass is 9.64. The van der Waals surface area contributed by atoms with E-state index in [1.54, 1.807) is 0 Å². The molecule has 0 aliphatic rings. The second kappa shape index (κ2) is 6.96. The van der Waals surface area contributed by atoms with Crippen molar-refractivity contribution in [2.24, 2.45) is 16.7 Å². The zero-order valence-electron chi connectivity index (χ0n) is 15.8. The zero-order valence-corrected chi connectivity index (χ0v) is 15.8. The van der Waals surface area contributed by atoms with Crippen LogP contribution in [-0.2, 0) is 16.1 Å². The summed E-state index contributed by atoms with van der Waals surface area (Å²) in [5, 5.41) is 2.37. The van der Waals surface area contributed by atoms with E-state index in [0.717, 1.165) is 12.0 Å². The summed E-state index contributed by atoms with van der Waals surface area (Å²) in [6, 6.07) is 14.4. The van der Waals surface area contributed by atoms with Crippen molar-refractivity contribution in [1.29, 1.82) is 0 Å². The Bertz CT molecular complexity index is 709. The van der Waals surface area contributed by atoms with Crippen molar-refractivity contribution in [2.75, 3.05) is 0 Å². The van der Waals surface area contributed by atoms with Crippen molar-refractivity contribution >= 4 is 16.7 Å². The summed E-state index contributed by atoms with van der Waals surface area (Å²) >= 11 is 0. The van der Waals surface area contributed by atoms with Gasteiger partial charge in [-0.1, -0.05) is 71.0 Å². The molecule has 1 unspecified atom stereocenters. The molecule has 2 nitrogen and oxygen atoms in total. The number of benzene rings is 2. The highest BCUT2D eigenvalue weighted by molar-refractivity contribution is 5.83. The summed E-state index contributed by atoms with van der Waals surface area (Å²) in [7, 11) is 0. The maximum absolute atomic E-state index is 12.9. The van der Waals surface area contributed by atoms with Crippen molar-refractivity contribution in [1.82, 2.24) is 0 Å². The standard InChI is InChI=1S/C22H30O2/c1-16(2)14-22(6,21(3,4)5)20(23)24-15-17-11-12-18-9-7-8-10-19(18)13-17/h7-13,16H,14-15H2,1-6H3. The Balaban J connectivity index is 2.14. The normalized spacial score (nSPS) is 14.6. The molecule has 0 heterocycles. The third kappa shape index (κ3) is 3.98. The van der Waals surface area contributed by atoms with E-state index in [9.17, 15) is 4.79 Å². The second-order valence-corrected chi connectivity index (χ2v) is 8.44. The van der Waals surface area contributed by atoms with Crippen LogP contribution in [0.3, 0.4) is 0 Å². The number of ether oxygens (including phenoxy) is 1. The van der Waals surface area contributed by atoms with Gasteiger partial charge in [0.15, 0.2) is 0 Å². The molecule has 0 aliphatic heterocycles. The summed E-state index contributed by atoms with van der Waals surface area (Å²) in [5.74, 6) is 0.347. The van der Waals surface area contributed by atoms with Gasteiger partial charge in [-0.2, -0.15) is 0 Å². The zero-order chi connectivity index (χ0) is 18.0. The minimum atomic E-state index is -0.488. The molecule has 0 fully saturated rings. The molecule has 0 bridgehead atoms. The maximum atomic E-state index is 12.9. The van der Waals surface area contributed by atoms with Crippen LogP contribution >= 0.6 is 0 Å². The lowest BCUT2D eigenvalue weighted by Gasteiger charge is -2.40. The van der Waals surface area contributed by atoms with Crippen LogP contribution in [0.25, 0.3) is 10.8 Å². The lowest BCUT2D eigenvalue weighted by Crippen LogP contribution is -2.42. The Morgan fingerprint density at radius 3 is 2.21 bits per heavy atom. The van der Waals surface area contributed by atoms with Crippen LogP contribution in [0, 0.1) is 16.7 Å². The van der Waals surface area contributed by atoms with Crippen LogP contribution in [0.15, 0.2) is 42.5 Å². The fourth-order valence-electron chi connectivity index (χ4n) is 3.15. The van der Waals surface area contributed by atoms with Gasteiger partial charge in [0.25, 0.3) is 0 Å². The summed E-state index contributed by atoms with van der Waals surface area (Å²) in [4.78, 5) is 12.9. The Kier molecular flexibility index (Phi) is 5.37. The van der Waals surface area contributed by atoms with Crippen LogP contribution < -0.4 is 0 Å². The summed E-state index contributed by atoms with van der Waals surface area (Å²) < 4.78 is 5.73. The Labute approximate surface area is 146 Å². The number of carbonyl (C=O) groups excluding carboxylic acids is 1. The number of hydrogen-bond donors (Lipinski definition) is 0. The third-order valence-electron chi connectivity index (χ3n) is 5.11. The fraction of sp³-hybridized carbons (Fsp3) is 0.500. The van der Waals surface area contributed by atoms with Crippen molar-refractivity contribution in [3.63, 3.8) is 0 Å². The Hall–Kier alpha value is -1.83. The van der Waals surface area contributed by atoms with Gasteiger partial charge < -0.3 is 4.74 Å². The Morgan fingerprint density at radius 1 is 1.00 bits per heavy atom. The minimum Gasteiger partial charge on any atom is -0.460 e. The van der Waals surface area contributed by atoms with Crippen molar-refractivity contribution in [3.05, 3.63) is 48.0 Å². The van der Waals surface area contributed by atoms with Crippen LogP contribution in [-0.4, -0.2) is 5.97 Å². The van der Waals surface area contributed by atoms with Gasteiger partial charge in [-0.05, 0) is 47.1 Å². The molecule has 0 aromatic heterocycles. The van der Waals surface area contributed by atoms with E-state index < -0.39 is 5.41 Å². The molecule has 24 heavy (non-hydrogen) atoms. The molecule has 2 heteroatoms. The number of rotatable bonds is 5. The van der Waals surface area contributed by atoms with Crippen LogP contribution in [0.5, 0.6) is 0 Å². The van der Waals surface area contributed by atoms with Crippen molar-refractivity contribution in [3.8, 4) is 0 Å². The number of carbonyl (C=O) groups is 1. The molecular formula is C22H30O2. The minimum absolute atomic E-state index is 0.100. The predicted molar refractivity (Wildman–Crippen MR) is 101 cm³/mol. The molecule has 1 atom stereocenters. The van der Waals surface area contributed by atoms with Crippen LogP contribution in [0.2, 0.25) is 0 Å². The van der Waals surface area contributed by atoms with E-state index >= 15 is 0 Å². The first-order valence-corrected chi connectivity index (χ1v) is 8.78. The van der Waals surface area contributed by atoms with Crippen LogP contribution in [0.4, 0.5) is 0 Å². The van der Waals surface area contributed by atoms with E-state index in [2.05, 4.69) is 58.9 Å². The molecule has 0 N–H and O–H groups in total. The largest absolute Gasteiger partial charge is 0.460 e. The molecule has 0 spiro atoms. The van der Waals surface area contributed by atoms with Gasteiger partial charge in [0.05, 0.1) is 5.41 Å². The average molecular weight is 326 g/mol. The van der Waals surface area contributed by atoms with Gasteiger partial charge in [0.1, 0.15) is 6.61 Å². The first kappa shape index (κ1) is 18.5. The van der Waals surface area contributed by atoms with E-state index in [1.165, 1.54) is 10.8 Å². The van der Waals surface area contributed by atoms with Crippen LogP contribution in [0.1, 0.15) is 53.5 Å². The number of esters is 1. The monoisotopic (exact) mass is 326 g/mol. The lowest BCUT2D eigenvalue weighted by molar-refractivity contribution is -0.165. The smallest absolute Gasteiger partial charge is 0.312 e. The van der Waals surface area contributed by atoms with Gasteiger partial charge in [-0.3, -0.25) is 4.79 Å². The average Bonchev–Trinajstić information content (AvgIpc) is 2.50. The van der Waals surface area contributed by atoms with E-state index in [1.807, 2.05) is 25.1 Å². The predicted octanol–water partition coefficient (Wildman–Crippen LogP) is 5.98. The highest BCUT2D eigenvalue weighted by atomic mass is 16.5. The van der Waals surface area contributed by atoms with Gasteiger partial charge in [-0.15, -0.1) is 0 Å². The molecule has 2 aromatic carbocycles. The molecule has 2 aromatic rings. The summed E-state index contributed by atoms with van der Waals surface area (Å²) in [6.45, 7) is 13.0. The molecule has 0 amide bonds. The molecule has 0 radical (unpaired) electrons. The first-order chi connectivity index (χ1) is 11.1. The summed E-state index contributed by atoms with van der Waals surface area (Å²) in [6.07, 6.45) is 0.826. The van der Waals surface area contributed by atoms with E-state index in [0.29, 0.717) is 12.5 Å².